The summed E-state index contributed by atoms with van der Waals surface area (Å²) in [6.45, 7) is 2.37. The van der Waals surface area contributed by atoms with Gasteiger partial charge in [0.15, 0.2) is 5.78 Å². The summed E-state index contributed by atoms with van der Waals surface area (Å²) in [7, 11) is 0. The number of hydrogen-bond donors (Lipinski definition) is 0. The number of aryl methyl sites for hydroxylation is 1. The molecule has 0 aromatic heterocycles. The van der Waals surface area contributed by atoms with Crippen molar-refractivity contribution in [1.29, 1.82) is 0 Å². The number of carbonyl (C=O) groups excluding carboxylic acids is 1. The molecule has 76 valence electrons. The quantitative estimate of drug-likeness (QED) is 0.702. The minimum Gasteiger partial charge on any atom is -0.493 e. The lowest BCUT2D eigenvalue weighted by Crippen LogP contribution is -2.07. The smallest absolute Gasteiger partial charge is 0.150 e. The third kappa shape index (κ3) is 3.38. The van der Waals surface area contributed by atoms with Crippen LogP contribution in [-0.2, 0) is 4.79 Å². The summed E-state index contributed by atoms with van der Waals surface area (Å²) in [6, 6.07) is 7.72. The van der Waals surface area contributed by atoms with Crippen LogP contribution in [0, 0.1) is 6.92 Å². The largest absolute Gasteiger partial charge is 0.493 e. The van der Waals surface area contributed by atoms with Crippen LogP contribution < -0.4 is 4.74 Å². The molecule has 0 amide bonds. The highest BCUT2D eigenvalue weighted by Crippen LogP contribution is 2.16. The molecule has 0 aliphatic rings. The van der Waals surface area contributed by atoms with Gasteiger partial charge in [0.1, 0.15) is 5.75 Å². The highest BCUT2D eigenvalue weighted by atomic mass is 35.5. The standard InChI is InChI=1S/C11H13ClO2/c1-9-4-2-3-5-11(9)14-7-6-10(13)8-12/h2-5H,6-8H2,1H3. The van der Waals surface area contributed by atoms with Crippen LogP contribution in [0.25, 0.3) is 0 Å². The van der Waals surface area contributed by atoms with E-state index in [2.05, 4.69) is 0 Å². The summed E-state index contributed by atoms with van der Waals surface area (Å²) in [5.41, 5.74) is 1.07. The molecule has 0 saturated heterocycles. The van der Waals surface area contributed by atoms with Gasteiger partial charge in [-0.15, -0.1) is 11.6 Å². The number of carbonyl (C=O) groups is 1. The van der Waals surface area contributed by atoms with Gasteiger partial charge in [-0.2, -0.15) is 0 Å². The maximum absolute atomic E-state index is 10.9. The molecule has 0 heterocycles. The molecule has 0 saturated carbocycles. The number of para-hydroxylation sites is 1. The Labute approximate surface area is 88.8 Å². The Morgan fingerprint density at radius 3 is 2.79 bits per heavy atom. The van der Waals surface area contributed by atoms with Crippen molar-refractivity contribution in [3.63, 3.8) is 0 Å². The van der Waals surface area contributed by atoms with Gasteiger partial charge in [0.05, 0.1) is 12.5 Å². The minimum absolute atomic E-state index is 0.0141. The molecule has 0 radical (unpaired) electrons. The Balaban J connectivity index is 2.39. The van der Waals surface area contributed by atoms with Crippen LogP contribution in [0.4, 0.5) is 0 Å². The first-order chi connectivity index (χ1) is 6.74. The fourth-order valence-corrected chi connectivity index (χ4v) is 1.19. The van der Waals surface area contributed by atoms with Crippen molar-refractivity contribution >= 4 is 17.4 Å². The average Bonchev–Trinajstić information content (AvgIpc) is 2.20. The van der Waals surface area contributed by atoms with E-state index in [0.29, 0.717) is 13.0 Å². The molecule has 14 heavy (non-hydrogen) atoms. The van der Waals surface area contributed by atoms with Gasteiger partial charge in [-0.05, 0) is 18.6 Å². The monoisotopic (exact) mass is 212 g/mol. The number of hydrogen-bond acceptors (Lipinski definition) is 2. The van der Waals surface area contributed by atoms with Crippen molar-refractivity contribution in [3.05, 3.63) is 29.8 Å². The van der Waals surface area contributed by atoms with Crippen molar-refractivity contribution in [2.24, 2.45) is 0 Å². The zero-order chi connectivity index (χ0) is 10.4. The predicted octanol–water partition coefficient (Wildman–Crippen LogP) is 2.57. The Kier molecular flexibility index (Phi) is 4.47. The van der Waals surface area contributed by atoms with Crippen molar-refractivity contribution in [1.82, 2.24) is 0 Å². The number of halogens is 1. The van der Waals surface area contributed by atoms with E-state index < -0.39 is 0 Å². The molecule has 0 aliphatic carbocycles. The molecule has 1 aromatic carbocycles. The van der Waals surface area contributed by atoms with Crippen LogP contribution in [0.1, 0.15) is 12.0 Å². The highest BCUT2D eigenvalue weighted by molar-refractivity contribution is 6.27. The lowest BCUT2D eigenvalue weighted by Gasteiger charge is -2.07. The van der Waals surface area contributed by atoms with E-state index in [4.69, 9.17) is 16.3 Å². The molecule has 0 aliphatic heterocycles. The molecule has 3 heteroatoms. The van der Waals surface area contributed by atoms with Crippen molar-refractivity contribution in [3.8, 4) is 5.75 Å². The first kappa shape index (κ1) is 11.1. The second-order valence-electron chi connectivity index (χ2n) is 3.04. The van der Waals surface area contributed by atoms with Gasteiger partial charge in [-0.1, -0.05) is 18.2 Å². The number of benzene rings is 1. The van der Waals surface area contributed by atoms with Crippen LogP contribution in [-0.4, -0.2) is 18.3 Å². The van der Waals surface area contributed by atoms with E-state index in [1.54, 1.807) is 0 Å². The van der Waals surface area contributed by atoms with Gasteiger partial charge in [-0.3, -0.25) is 4.79 Å². The topological polar surface area (TPSA) is 26.3 Å². The second-order valence-corrected chi connectivity index (χ2v) is 3.30. The van der Waals surface area contributed by atoms with Crippen LogP contribution in [0.3, 0.4) is 0 Å². The van der Waals surface area contributed by atoms with Gasteiger partial charge < -0.3 is 4.74 Å². The molecule has 0 unspecified atom stereocenters. The molecule has 2 nitrogen and oxygen atoms in total. The molecular formula is C11H13ClO2. The normalized spacial score (nSPS) is 9.86. The van der Waals surface area contributed by atoms with E-state index >= 15 is 0 Å². The second kappa shape index (κ2) is 5.66. The first-order valence-corrected chi connectivity index (χ1v) is 5.03. The van der Waals surface area contributed by atoms with Crippen LogP contribution >= 0.6 is 11.6 Å². The lowest BCUT2D eigenvalue weighted by molar-refractivity contribution is -0.117. The summed E-state index contributed by atoms with van der Waals surface area (Å²) in [4.78, 5) is 10.9. The van der Waals surface area contributed by atoms with E-state index in [1.165, 1.54) is 0 Å². The van der Waals surface area contributed by atoms with Crippen LogP contribution in [0.15, 0.2) is 24.3 Å². The molecule has 0 spiro atoms. The van der Waals surface area contributed by atoms with E-state index in [9.17, 15) is 4.79 Å². The van der Waals surface area contributed by atoms with Gasteiger partial charge in [0, 0.05) is 6.42 Å². The van der Waals surface area contributed by atoms with Gasteiger partial charge in [0.25, 0.3) is 0 Å². The maximum Gasteiger partial charge on any atom is 0.150 e. The summed E-state index contributed by atoms with van der Waals surface area (Å²) in [5.74, 6) is 0.909. The van der Waals surface area contributed by atoms with Crippen LogP contribution in [0.2, 0.25) is 0 Å². The zero-order valence-corrected chi connectivity index (χ0v) is 8.88. The summed E-state index contributed by atoms with van der Waals surface area (Å²) in [6.07, 6.45) is 0.373. The predicted molar refractivity (Wildman–Crippen MR) is 57.0 cm³/mol. The third-order valence-corrected chi connectivity index (χ3v) is 2.18. The number of rotatable bonds is 5. The Bertz CT molecular complexity index is 310. The molecule has 1 aromatic rings. The number of ketones is 1. The van der Waals surface area contributed by atoms with Crippen molar-refractivity contribution in [2.45, 2.75) is 13.3 Å². The first-order valence-electron chi connectivity index (χ1n) is 4.50. The molecule has 0 fully saturated rings. The van der Waals surface area contributed by atoms with Gasteiger partial charge >= 0.3 is 0 Å². The molecule has 0 N–H and O–H groups in total. The minimum atomic E-state index is 0.0141. The number of ether oxygens (including phenoxy) is 1. The maximum atomic E-state index is 10.9. The molecule has 0 atom stereocenters. The Morgan fingerprint density at radius 1 is 1.43 bits per heavy atom. The average molecular weight is 213 g/mol. The SMILES string of the molecule is Cc1ccccc1OCCC(=O)CCl. The Morgan fingerprint density at radius 2 is 2.14 bits per heavy atom. The molecule has 0 bridgehead atoms. The Hall–Kier alpha value is -1.02. The van der Waals surface area contributed by atoms with Gasteiger partial charge in [0.2, 0.25) is 0 Å². The zero-order valence-electron chi connectivity index (χ0n) is 8.13. The van der Waals surface area contributed by atoms with E-state index in [1.807, 2.05) is 31.2 Å². The van der Waals surface area contributed by atoms with Crippen molar-refractivity contribution in [2.75, 3.05) is 12.5 Å². The lowest BCUT2D eigenvalue weighted by atomic mass is 10.2. The third-order valence-electron chi connectivity index (χ3n) is 1.88. The number of Topliss-reactive ketones (excluding diaryl/α,β-unsaturated/α-hetero) is 1. The van der Waals surface area contributed by atoms with Crippen LogP contribution in [0.5, 0.6) is 5.75 Å². The van der Waals surface area contributed by atoms with Crippen molar-refractivity contribution < 1.29 is 9.53 Å². The fourth-order valence-electron chi connectivity index (χ4n) is 1.06. The van der Waals surface area contributed by atoms with E-state index in [-0.39, 0.29) is 11.7 Å². The van der Waals surface area contributed by atoms with E-state index in [0.717, 1.165) is 11.3 Å². The molecule has 1 rings (SSSR count). The fraction of sp³-hybridized carbons (Fsp3) is 0.364. The summed E-state index contributed by atoms with van der Waals surface area (Å²) >= 11 is 5.36. The number of alkyl halides is 1. The summed E-state index contributed by atoms with van der Waals surface area (Å²) in [5, 5.41) is 0. The van der Waals surface area contributed by atoms with Gasteiger partial charge in [-0.25, -0.2) is 0 Å². The molecular weight excluding hydrogens is 200 g/mol. The summed E-state index contributed by atoms with van der Waals surface area (Å²) < 4.78 is 5.43. The highest BCUT2D eigenvalue weighted by Gasteiger charge is 2.01.